The van der Waals surface area contributed by atoms with Crippen molar-refractivity contribution in [3.8, 4) is 11.5 Å². The molecular weight excluding hydrogens is 312 g/mol. The maximum absolute atomic E-state index is 10.9. The van der Waals surface area contributed by atoms with E-state index in [-0.39, 0.29) is 5.92 Å². The van der Waals surface area contributed by atoms with Crippen LogP contribution < -0.4 is 19.7 Å². The van der Waals surface area contributed by atoms with Crippen LogP contribution in [0.5, 0.6) is 11.5 Å². The van der Waals surface area contributed by atoms with Crippen molar-refractivity contribution < 1.29 is 19.4 Å². The van der Waals surface area contributed by atoms with Crippen LogP contribution in [0.2, 0.25) is 0 Å². The number of aromatic nitrogens is 2. The van der Waals surface area contributed by atoms with Crippen molar-refractivity contribution in [1.82, 2.24) is 9.97 Å². The molecule has 126 valence electrons. The molecule has 0 spiro atoms. The largest absolute Gasteiger partial charge is 0.497 e. The van der Waals surface area contributed by atoms with Gasteiger partial charge in [0.25, 0.3) is 0 Å². The minimum Gasteiger partial charge on any atom is -0.497 e. The van der Waals surface area contributed by atoms with Gasteiger partial charge in [0.1, 0.15) is 29.5 Å². The molecule has 1 aliphatic heterocycles. The van der Waals surface area contributed by atoms with Gasteiger partial charge in [0.2, 0.25) is 0 Å². The molecule has 0 bridgehead atoms. The summed E-state index contributed by atoms with van der Waals surface area (Å²) in [6, 6.07) is 7.21. The number of nitrogens with one attached hydrogen (secondary N) is 1. The van der Waals surface area contributed by atoms with Gasteiger partial charge in [-0.3, -0.25) is 4.79 Å². The van der Waals surface area contributed by atoms with Crippen molar-refractivity contribution in [1.29, 1.82) is 0 Å². The second-order valence-corrected chi connectivity index (χ2v) is 5.39. The van der Waals surface area contributed by atoms with Crippen molar-refractivity contribution in [3.05, 3.63) is 30.6 Å². The topological polar surface area (TPSA) is 96.8 Å². The number of ether oxygens (including phenoxy) is 2. The van der Waals surface area contributed by atoms with Crippen LogP contribution in [0.15, 0.2) is 30.6 Å². The van der Waals surface area contributed by atoms with E-state index in [2.05, 4.69) is 15.3 Å². The van der Waals surface area contributed by atoms with E-state index in [1.807, 2.05) is 17.0 Å². The van der Waals surface area contributed by atoms with E-state index >= 15 is 0 Å². The summed E-state index contributed by atoms with van der Waals surface area (Å²) >= 11 is 0. The maximum atomic E-state index is 10.9. The number of hydrogen-bond acceptors (Lipinski definition) is 7. The molecule has 2 N–H and O–H groups in total. The molecule has 1 aliphatic rings. The first-order chi connectivity index (χ1) is 11.6. The highest BCUT2D eigenvalue weighted by Gasteiger charge is 2.33. The molecule has 2 aromatic rings. The lowest BCUT2D eigenvalue weighted by atomic mass is 10.0. The van der Waals surface area contributed by atoms with Gasteiger partial charge >= 0.3 is 5.97 Å². The monoisotopic (exact) mass is 330 g/mol. The van der Waals surface area contributed by atoms with E-state index in [1.54, 1.807) is 26.4 Å². The minimum absolute atomic E-state index is 0.335. The van der Waals surface area contributed by atoms with E-state index in [4.69, 9.17) is 14.6 Å². The summed E-state index contributed by atoms with van der Waals surface area (Å²) < 4.78 is 10.5. The minimum atomic E-state index is -0.776. The molecule has 0 radical (unpaired) electrons. The molecule has 0 atom stereocenters. The predicted molar refractivity (Wildman–Crippen MR) is 88.2 cm³/mol. The fourth-order valence-electron chi connectivity index (χ4n) is 2.45. The van der Waals surface area contributed by atoms with Crippen LogP contribution in [0.25, 0.3) is 0 Å². The molecule has 8 heteroatoms. The molecule has 1 aromatic carbocycles. The number of hydrogen-bond donors (Lipinski definition) is 2. The van der Waals surface area contributed by atoms with Crippen LogP contribution in [0, 0.1) is 5.92 Å². The van der Waals surface area contributed by atoms with Crippen LogP contribution in [0.1, 0.15) is 0 Å². The summed E-state index contributed by atoms with van der Waals surface area (Å²) in [6.45, 7) is 0.912. The number of carboxylic acid groups (broad SMARTS) is 1. The van der Waals surface area contributed by atoms with E-state index in [1.165, 1.54) is 6.33 Å². The molecule has 3 rings (SSSR count). The molecule has 0 amide bonds. The molecule has 8 nitrogen and oxygen atoms in total. The Labute approximate surface area is 139 Å². The Kier molecular flexibility index (Phi) is 4.37. The normalized spacial score (nSPS) is 14.0. The summed E-state index contributed by atoms with van der Waals surface area (Å²) in [5, 5.41) is 12.1. The van der Waals surface area contributed by atoms with Crippen LogP contribution in [0.3, 0.4) is 0 Å². The summed E-state index contributed by atoms with van der Waals surface area (Å²) in [5.74, 6) is 1.50. The standard InChI is InChI=1S/C16H18N4O4/c1-23-11-3-4-12(13(5-11)24-2)19-14-6-15(18-9-17-14)20-7-10(8-20)16(21)22/h3-6,9-10H,7-8H2,1-2H3,(H,21,22)(H,17,18,19). The van der Waals surface area contributed by atoms with Crippen molar-refractivity contribution in [3.63, 3.8) is 0 Å². The number of aliphatic carboxylic acids is 1. The fourth-order valence-corrected chi connectivity index (χ4v) is 2.45. The zero-order chi connectivity index (χ0) is 17.1. The number of carbonyl (C=O) groups is 1. The Morgan fingerprint density at radius 2 is 2.04 bits per heavy atom. The van der Waals surface area contributed by atoms with Gasteiger partial charge in [-0.15, -0.1) is 0 Å². The summed E-state index contributed by atoms with van der Waals surface area (Å²) in [4.78, 5) is 21.2. The highest BCUT2D eigenvalue weighted by molar-refractivity contribution is 5.74. The SMILES string of the molecule is COc1ccc(Nc2cc(N3CC(C(=O)O)C3)ncn2)c(OC)c1. The quantitative estimate of drug-likeness (QED) is 0.827. The molecule has 1 saturated heterocycles. The highest BCUT2D eigenvalue weighted by Crippen LogP contribution is 2.32. The van der Waals surface area contributed by atoms with Crippen LogP contribution >= 0.6 is 0 Å². The van der Waals surface area contributed by atoms with E-state index in [9.17, 15) is 4.79 Å². The van der Waals surface area contributed by atoms with Crippen molar-refractivity contribution in [2.24, 2.45) is 5.92 Å². The Morgan fingerprint density at radius 3 is 2.71 bits per heavy atom. The van der Waals surface area contributed by atoms with Crippen molar-refractivity contribution >= 4 is 23.3 Å². The van der Waals surface area contributed by atoms with Gasteiger partial charge in [0.15, 0.2) is 0 Å². The zero-order valence-electron chi connectivity index (χ0n) is 13.4. The second kappa shape index (κ2) is 6.61. The van der Waals surface area contributed by atoms with Gasteiger partial charge in [-0.25, -0.2) is 9.97 Å². The summed E-state index contributed by atoms with van der Waals surface area (Å²) in [5.41, 5.74) is 0.745. The lowest BCUT2D eigenvalue weighted by Crippen LogP contribution is -2.50. The molecule has 1 aromatic heterocycles. The molecule has 2 heterocycles. The van der Waals surface area contributed by atoms with Gasteiger partial charge in [-0.05, 0) is 12.1 Å². The van der Waals surface area contributed by atoms with Gasteiger partial charge in [-0.1, -0.05) is 0 Å². The maximum Gasteiger partial charge on any atom is 0.310 e. The molecule has 0 aliphatic carbocycles. The molecular formula is C16H18N4O4. The van der Waals surface area contributed by atoms with Crippen LogP contribution in [-0.2, 0) is 4.79 Å². The molecule has 24 heavy (non-hydrogen) atoms. The molecule has 0 saturated carbocycles. The second-order valence-electron chi connectivity index (χ2n) is 5.39. The number of methoxy groups -OCH3 is 2. The molecule has 0 unspecified atom stereocenters. The van der Waals surface area contributed by atoms with Gasteiger partial charge < -0.3 is 24.8 Å². The zero-order valence-corrected chi connectivity index (χ0v) is 13.4. The third-order valence-electron chi connectivity index (χ3n) is 3.88. The van der Waals surface area contributed by atoms with Gasteiger partial charge in [0, 0.05) is 25.2 Å². The summed E-state index contributed by atoms with van der Waals surface area (Å²) in [6.07, 6.45) is 1.45. The van der Waals surface area contributed by atoms with Crippen LogP contribution in [-0.4, -0.2) is 48.4 Å². The highest BCUT2D eigenvalue weighted by atomic mass is 16.5. The van der Waals surface area contributed by atoms with Crippen molar-refractivity contribution in [2.75, 3.05) is 37.5 Å². The Balaban J connectivity index is 1.75. The average Bonchev–Trinajstić information content (AvgIpc) is 2.54. The first kappa shape index (κ1) is 15.9. The Hall–Kier alpha value is -3.03. The lowest BCUT2D eigenvalue weighted by molar-refractivity contribution is -0.142. The average molecular weight is 330 g/mol. The van der Waals surface area contributed by atoms with Crippen molar-refractivity contribution in [2.45, 2.75) is 0 Å². The lowest BCUT2D eigenvalue weighted by Gasteiger charge is -2.37. The third kappa shape index (κ3) is 3.17. The predicted octanol–water partition coefficient (Wildman–Crippen LogP) is 1.76. The number of nitrogens with zero attached hydrogens (tertiary/aromatic N) is 3. The Bertz CT molecular complexity index is 747. The van der Waals surface area contributed by atoms with Gasteiger partial charge in [-0.2, -0.15) is 0 Å². The first-order valence-corrected chi connectivity index (χ1v) is 7.39. The third-order valence-corrected chi connectivity index (χ3v) is 3.88. The van der Waals surface area contributed by atoms with E-state index < -0.39 is 5.97 Å². The van der Waals surface area contributed by atoms with Crippen LogP contribution in [0.4, 0.5) is 17.3 Å². The van der Waals surface area contributed by atoms with E-state index in [0.717, 1.165) is 5.69 Å². The number of benzene rings is 1. The molecule has 1 fully saturated rings. The number of carboxylic acids is 1. The number of rotatable bonds is 6. The fraction of sp³-hybridized carbons (Fsp3) is 0.312. The van der Waals surface area contributed by atoms with Gasteiger partial charge in [0.05, 0.1) is 25.8 Å². The smallest absolute Gasteiger partial charge is 0.310 e. The summed E-state index contributed by atoms with van der Waals surface area (Å²) in [7, 11) is 3.17. The first-order valence-electron chi connectivity index (χ1n) is 7.39. The van der Waals surface area contributed by atoms with E-state index in [0.29, 0.717) is 36.2 Å². The Morgan fingerprint density at radius 1 is 1.25 bits per heavy atom. The number of anilines is 3.